The van der Waals surface area contributed by atoms with Crippen LogP contribution in [0.4, 0.5) is 0 Å². The molecule has 0 saturated carbocycles. The third-order valence-corrected chi connectivity index (χ3v) is 6.33. The van der Waals surface area contributed by atoms with E-state index in [2.05, 4.69) is 30.6 Å². The predicted molar refractivity (Wildman–Crippen MR) is 128 cm³/mol. The van der Waals surface area contributed by atoms with Gasteiger partial charge in [-0.1, -0.05) is 50.0 Å². The summed E-state index contributed by atoms with van der Waals surface area (Å²) in [4.78, 5) is 15.4. The molecule has 0 atom stereocenters. The highest BCUT2D eigenvalue weighted by atomic mass is 32.2. The lowest BCUT2D eigenvalue weighted by atomic mass is 9.98. The van der Waals surface area contributed by atoms with E-state index < -0.39 is 9.84 Å². The summed E-state index contributed by atoms with van der Waals surface area (Å²) >= 11 is 0. The number of nitrogens with zero attached hydrogens (tertiary/aromatic N) is 1. The highest BCUT2D eigenvalue weighted by Crippen LogP contribution is 2.22. The van der Waals surface area contributed by atoms with Gasteiger partial charge in [-0.15, -0.1) is 0 Å². The molecule has 0 spiro atoms. The SMILES string of the molecule is CC(C)CN1CC(C#Cc2ccc3c(=O)c(-c4ccc(CS(C)(=O)=O)cc4)coc3c2)C1. The van der Waals surface area contributed by atoms with Crippen LogP contribution in [0.15, 0.2) is 57.9 Å². The number of benzene rings is 2. The highest BCUT2D eigenvalue weighted by Gasteiger charge is 2.25. The summed E-state index contributed by atoms with van der Waals surface area (Å²) in [6.45, 7) is 7.59. The molecule has 6 heteroatoms. The Balaban J connectivity index is 1.52. The zero-order valence-electron chi connectivity index (χ0n) is 18.6. The van der Waals surface area contributed by atoms with Crippen LogP contribution in [-0.4, -0.2) is 39.2 Å². The summed E-state index contributed by atoms with van der Waals surface area (Å²) in [5.74, 6) is 7.57. The molecule has 2 aromatic carbocycles. The Morgan fingerprint density at radius 3 is 2.50 bits per heavy atom. The summed E-state index contributed by atoms with van der Waals surface area (Å²) in [6, 6.07) is 12.4. The van der Waals surface area contributed by atoms with Crippen LogP contribution in [0.3, 0.4) is 0 Å². The number of rotatable bonds is 5. The first-order valence-electron chi connectivity index (χ1n) is 10.7. The molecular weight excluding hydrogens is 422 g/mol. The standard InChI is InChI=1S/C26H27NO4S/c1-18(2)13-27-14-21(15-27)5-4-19-8-11-23-25(12-19)31-16-24(26(23)28)22-9-6-20(7-10-22)17-32(3,29)30/h6-12,16,18,21H,13-15,17H2,1-3H3. The van der Waals surface area contributed by atoms with Gasteiger partial charge in [0.2, 0.25) is 0 Å². The van der Waals surface area contributed by atoms with Crippen molar-refractivity contribution >= 4 is 20.8 Å². The maximum absolute atomic E-state index is 13.0. The molecule has 166 valence electrons. The van der Waals surface area contributed by atoms with Crippen LogP contribution < -0.4 is 5.43 Å². The third kappa shape index (κ3) is 5.29. The van der Waals surface area contributed by atoms with E-state index in [1.165, 1.54) is 12.5 Å². The minimum Gasteiger partial charge on any atom is -0.463 e. The van der Waals surface area contributed by atoms with E-state index in [4.69, 9.17) is 4.42 Å². The first kappa shape index (κ1) is 22.3. The van der Waals surface area contributed by atoms with Gasteiger partial charge in [0.15, 0.2) is 15.3 Å². The van der Waals surface area contributed by atoms with Gasteiger partial charge in [0.1, 0.15) is 11.8 Å². The van der Waals surface area contributed by atoms with Crippen LogP contribution in [0.5, 0.6) is 0 Å². The zero-order valence-corrected chi connectivity index (χ0v) is 19.4. The molecule has 0 radical (unpaired) electrons. The molecule has 1 saturated heterocycles. The highest BCUT2D eigenvalue weighted by molar-refractivity contribution is 7.89. The predicted octanol–water partition coefficient (Wildman–Crippen LogP) is 3.94. The Bertz CT molecular complexity index is 1350. The van der Waals surface area contributed by atoms with Gasteiger partial charge in [0.25, 0.3) is 0 Å². The first-order chi connectivity index (χ1) is 15.2. The summed E-state index contributed by atoms with van der Waals surface area (Å²) in [7, 11) is -3.11. The van der Waals surface area contributed by atoms with Gasteiger partial charge in [-0.2, -0.15) is 0 Å². The van der Waals surface area contributed by atoms with Crippen molar-refractivity contribution in [3.8, 4) is 23.0 Å². The fourth-order valence-corrected chi connectivity index (χ4v) is 4.80. The number of hydrogen-bond acceptors (Lipinski definition) is 5. The molecule has 4 rings (SSSR count). The van der Waals surface area contributed by atoms with Crippen LogP contribution in [0, 0.1) is 23.7 Å². The first-order valence-corrected chi connectivity index (χ1v) is 12.8. The number of sulfone groups is 1. The van der Waals surface area contributed by atoms with Crippen LogP contribution >= 0.6 is 0 Å². The van der Waals surface area contributed by atoms with E-state index in [-0.39, 0.29) is 11.2 Å². The van der Waals surface area contributed by atoms with Crippen molar-refractivity contribution in [2.24, 2.45) is 11.8 Å². The zero-order chi connectivity index (χ0) is 22.9. The normalized spacial score (nSPS) is 14.9. The fourth-order valence-electron chi connectivity index (χ4n) is 4.00. The van der Waals surface area contributed by atoms with E-state index in [0.717, 1.165) is 25.2 Å². The smallest absolute Gasteiger partial charge is 0.200 e. The van der Waals surface area contributed by atoms with E-state index in [9.17, 15) is 13.2 Å². The molecule has 1 aliphatic heterocycles. The van der Waals surface area contributed by atoms with Crippen molar-refractivity contribution in [1.82, 2.24) is 4.90 Å². The maximum atomic E-state index is 13.0. The molecule has 1 aromatic heterocycles. The van der Waals surface area contributed by atoms with E-state index in [1.807, 2.05) is 12.1 Å². The molecule has 0 unspecified atom stereocenters. The molecule has 3 aromatic rings. The Morgan fingerprint density at radius 2 is 1.84 bits per heavy atom. The van der Waals surface area contributed by atoms with Gasteiger partial charge in [-0.05, 0) is 35.2 Å². The Morgan fingerprint density at radius 1 is 1.12 bits per heavy atom. The minimum atomic E-state index is -3.11. The van der Waals surface area contributed by atoms with Gasteiger partial charge >= 0.3 is 0 Å². The Hall–Kier alpha value is -2.88. The molecule has 2 heterocycles. The van der Waals surface area contributed by atoms with E-state index in [0.29, 0.717) is 39.5 Å². The van der Waals surface area contributed by atoms with Crippen molar-refractivity contribution in [3.05, 3.63) is 70.1 Å². The third-order valence-electron chi connectivity index (χ3n) is 5.47. The van der Waals surface area contributed by atoms with Crippen LogP contribution in [0.25, 0.3) is 22.1 Å². The van der Waals surface area contributed by atoms with Gasteiger partial charge in [-0.25, -0.2) is 8.42 Å². The molecule has 0 aliphatic carbocycles. The van der Waals surface area contributed by atoms with Gasteiger partial charge < -0.3 is 9.32 Å². The molecule has 0 bridgehead atoms. The molecule has 1 aliphatic rings. The lowest BCUT2D eigenvalue weighted by Gasteiger charge is -2.37. The number of hydrogen-bond donors (Lipinski definition) is 0. The van der Waals surface area contributed by atoms with Crippen molar-refractivity contribution in [1.29, 1.82) is 0 Å². The average Bonchev–Trinajstić information content (AvgIpc) is 2.69. The maximum Gasteiger partial charge on any atom is 0.200 e. The van der Waals surface area contributed by atoms with Crippen LogP contribution in [0.2, 0.25) is 0 Å². The topological polar surface area (TPSA) is 67.6 Å². The van der Waals surface area contributed by atoms with Crippen molar-refractivity contribution in [3.63, 3.8) is 0 Å². The van der Waals surface area contributed by atoms with Crippen molar-refractivity contribution in [2.75, 3.05) is 25.9 Å². The second kappa shape index (κ2) is 8.93. The summed E-state index contributed by atoms with van der Waals surface area (Å²) in [6.07, 6.45) is 2.66. The molecular formula is C26H27NO4S. The van der Waals surface area contributed by atoms with E-state index >= 15 is 0 Å². The van der Waals surface area contributed by atoms with Gasteiger partial charge in [0, 0.05) is 37.4 Å². The second-order valence-electron chi connectivity index (χ2n) is 9.04. The van der Waals surface area contributed by atoms with Crippen LogP contribution in [-0.2, 0) is 15.6 Å². The molecule has 32 heavy (non-hydrogen) atoms. The Kier molecular flexibility index (Phi) is 6.23. The summed E-state index contributed by atoms with van der Waals surface area (Å²) in [5.41, 5.74) is 3.04. The summed E-state index contributed by atoms with van der Waals surface area (Å²) < 4.78 is 28.7. The number of fused-ring (bicyclic) bond motifs is 1. The largest absolute Gasteiger partial charge is 0.463 e. The lowest BCUT2D eigenvalue weighted by molar-refractivity contribution is 0.120. The fraction of sp³-hybridized carbons (Fsp3) is 0.346. The quantitative estimate of drug-likeness (QED) is 0.552. The van der Waals surface area contributed by atoms with Gasteiger partial charge in [-0.3, -0.25) is 4.79 Å². The number of likely N-dealkylation sites (tertiary alicyclic amines) is 1. The molecule has 0 amide bonds. The lowest BCUT2D eigenvalue weighted by Crippen LogP contribution is -2.47. The molecule has 0 N–H and O–H groups in total. The molecule has 5 nitrogen and oxygen atoms in total. The van der Waals surface area contributed by atoms with E-state index in [1.54, 1.807) is 30.3 Å². The van der Waals surface area contributed by atoms with Crippen molar-refractivity contribution < 1.29 is 12.8 Å². The van der Waals surface area contributed by atoms with Gasteiger partial charge in [0.05, 0.1) is 16.7 Å². The second-order valence-corrected chi connectivity index (χ2v) is 11.2. The minimum absolute atomic E-state index is 0.0277. The molecule has 1 fully saturated rings. The van der Waals surface area contributed by atoms with Crippen molar-refractivity contribution in [2.45, 2.75) is 19.6 Å². The Labute approximate surface area is 189 Å². The monoisotopic (exact) mass is 449 g/mol. The summed E-state index contributed by atoms with van der Waals surface area (Å²) in [5, 5.41) is 0.500. The van der Waals surface area contributed by atoms with Crippen LogP contribution in [0.1, 0.15) is 25.0 Å². The average molecular weight is 450 g/mol.